The van der Waals surface area contributed by atoms with Gasteiger partial charge in [0.25, 0.3) is 5.91 Å². The molecule has 7 heteroatoms. The third-order valence-corrected chi connectivity index (χ3v) is 4.34. The molecule has 7 nitrogen and oxygen atoms in total. The van der Waals surface area contributed by atoms with Crippen LogP contribution in [0.4, 0.5) is 10.5 Å². The zero-order valence-corrected chi connectivity index (χ0v) is 14.0. The molecule has 3 amide bonds. The fraction of sp³-hybridized carbons (Fsp3) is 0.105. The van der Waals surface area contributed by atoms with Gasteiger partial charge in [-0.05, 0) is 30.7 Å². The number of carbonyl (C=O) groups is 2. The van der Waals surface area contributed by atoms with Crippen LogP contribution in [0.3, 0.4) is 0 Å². The average Bonchev–Trinajstić information content (AvgIpc) is 3.09. The minimum atomic E-state index is -0.511. The van der Waals surface area contributed by atoms with Crippen LogP contribution in [0, 0.1) is 0 Å². The Balaban J connectivity index is 1.67. The highest BCUT2D eigenvalue weighted by Gasteiger charge is 2.31. The Morgan fingerprint density at radius 3 is 2.77 bits per heavy atom. The summed E-state index contributed by atoms with van der Waals surface area (Å²) in [5.74, 6) is -0.272. The molecule has 1 aliphatic heterocycles. The van der Waals surface area contributed by atoms with Crippen molar-refractivity contribution in [1.29, 1.82) is 0 Å². The maximum Gasteiger partial charge on any atom is 0.319 e. The molecule has 0 fully saturated rings. The fourth-order valence-corrected chi connectivity index (χ4v) is 3.11. The quantitative estimate of drug-likeness (QED) is 0.586. The van der Waals surface area contributed by atoms with E-state index in [-0.39, 0.29) is 11.9 Å². The van der Waals surface area contributed by atoms with Crippen molar-refractivity contribution in [3.63, 3.8) is 0 Å². The maximum absolute atomic E-state index is 13.0. The van der Waals surface area contributed by atoms with E-state index in [4.69, 9.17) is 0 Å². The Bertz CT molecular complexity index is 1020. The molecule has 0 spiro atoms. The van der Waals surface area contributed by atoms with Gasteiger partial charge in [0, 0.05) is 16.8 Å². The van der Waals surface area contributed by atoms with Gasteiger partial charge >= 0.3 is 6.03 Å². The first kappa shape index (κ1) is 15.9. The number of H-pyrrole nitrogens is 1. The fourth-order valence-electron chi connectivity index (χ4n) is 3.11. The summed E-state index contributed by atoms with van der Waals surface area (Å²) in [6.45, 7) is 1.73. The van der Waals surface area contributed by atoms with Crippen molar-refractivity contribution in [3.8, 4) is 0 Å². The number of rotatable bonds is 3. The van der Waals surface area contributed by atoms with E-state index in [0.29, 0.717) is 17.0 Å². The van der Waals surface area contributed by atoms with Crippen LogP contribution in [-0.4, -0.2) is 22.1 Å². The van der Waals surface area contributed by atoms with E-state index in [1.165, 1.54) is 0 Å². The van der Waals surface area contributed by atoms with E-state index in [1.54, 1.807) is 19.2 Å². The summed E-state index contributed by atoms with van der Waals surface area (Å²) in [5, 5.41) is 16.2. The average molecular weight is 347 g/mol. The second-order valence-corrected chi connectivity index (χ2v) is 6.11. The highest BCUT2D eigenvalue weighted by atomic mass is 16.2. The van der Waals surface area contributed by atoms with Crippen LogP contribution < -0.4 is 16.0 Å². The molecule has 1 aromatic heterocycles. The van der Waals surface area contributed by atoms with Gasteiger partial charge in [-0.2, -0.15) is 5.10 Å². The van der Waals surface area contributed by atoms with E-state index in [2.05, 4.69) is 26.1 Å². The van der Waals surface area contributed by atoms with Crippen molar-refractivity contribution in [2.24, 2.45) is 0 Å². The smallest absolute Gasteiger partial charge is 0.319 e. The molecule has 0 aliphatic carbocycles. The number of fused-ring (bicyclic) bond motifs is 1. The van der Waals surface area contributed by atoms with Crippen LogP contribution in [0.5, 0.6) is 0 Å². The standard InChI is InChI=1S/C19H17N5O2/c1-11-16(17(23-19(26)21-11)12-5-3-2-4-6-12)18(25)22-14-7-8-15-13(9-14)10-20-24-15/h2-10,17H,1H3,(H,20,24)(H,22,25)(H2,21,23,26). The lowest BCUT2D eigenvalue weighted by Crippen LogP contribution is -2.45. The lowest BCUT2D eigenvalue weighted by atomic mass is 9.95. The van der Waals surface area contributed by atoms with Crippen LogP contribution in [0.1, 0.15) is 18.5 Å². The molecule has 0 saturated carbocycles. The molecular weight excluding hydrogens is 330 g/mol. The van der Waals surface area contributed by atoms with E-state index in [9.17, 15) is 9.59 Å². The first-order valence-corrected chi connectivity index (χ1v) is 8.19. The van der Waals surface area contributed by atoms with Gasteiger partial charge in [0.05, 0.1) is 23.3 Å². The Morgan fingerprint density at radius 2 is 1.96 bits per heavy atom. The summed E-state index contributed by atoms with van der Waals surface area (Å²) in [6, 6.07) is 14.1. The predicted molar refractivity (Wildman–Crippen MR) is 98.3 cm³/mol. The number of carbonyl (C=O) groups excluding carboxylic acids is 2. The second kappa shape index (κ2) is 6.36. The molecule has 2 aromatic carbocycles. The van der Waals surface area contributed by atoms with Crippen molar-refractivity contribution in [3.05, 3.63) is 71.6 Å². The number of allylic oxidation sites excluding steroid dienone is 1. The summed E-state index contributed by atoms with van der Waals surface area (Å²) >= 11 is 0. The monoisotopic (exact) mass is 347 g/mol. The SMILES string of the molecule is CC1=C(C(=O)Nc2ccc3[nH]ncc3c2)C(c2ccccc2)NC(=O)N1. The van der Waals surface area contributed by atoms with E-state index in [0.717, 1.165) is 16.5 Å². The topological polar surface area (TPSA) is 98.9 Å². The zero-order chi connectivity index (χ0) is 18.1. The minimum Gasteiger partial charge on any atom is -0.327 e. The Kier molecular flexibility index (Phi) is 3.89. The molecule has 4 rings (SSSR count). The highest BCUT2D eigenvalue weighted by molar-refractivity contribution is 6.07. The normalized spacial score (nSPS) is 17.0. The lowest BCUT2D eigenvalue weighted by molar-refractivity contribution is -0.113. The van der Waals surface area contributed by atoms with Crippen LogP contribution in [0.15, 0.2) is 66.0 Å². The number of nitrogens with one attached hydrogen (secondary N) is 4. The molecule has 3 aromatic rings. The number of hydrogen-bond donors (Lipinski definition) is 4. The summed E-state index contributed by atoms with van der Waals surface area (Å²) in [6.07, 6.45) is 1.70. The summed E-state index contributed by atoms with van der Waals surface area (Å²) < 4.78 is 0. The van der Waals surface area contributed by atoms with Gasteiger partial charge in [-0.25, -0.2) is 4.79 Å². The summed E-state index contributed by atoms with van der Waals surface area (Å²) in [4.78, 5) is 24.9. The summed E-state index contributed by atoms with van der Waals surface area (Å²) in [7, 11) is 0. The van der Waals surface area contributed by atoms with Crippen LogP contribution >= 0.6 is 0 Å². The molecule has 1 aliphatic rings. The van der Waals surface area contributed by atoms with Gasteiger partial charge in [-0.1, -0.05) is 30.3 Å². The molecule has 4 N–H and O–H groups in total. The van der Waals surface area contributed by atoms with Crippen molar-refractivity contribution in [2.45, 2.75) is 13.0 Å². The molecule has 26 heavy (non-hydrogen) atoms. The third kappa shape index (κ3) is 2.90. The van der Waals surface area contributed by atoms with Crippen LogP contribution in [-0.2, 0) is 4.79 Å². The molecule has 1 atom stereocenters. The van der Waals surface area contributed by atoms with Gasteiger partial charge in [0.15, 0.2) is 0 Å². The molecule has 0 bridgehead atoms. The van der Waals surface area contributed by atoms with Crippen molar-refractivity contribution in [1.82, 2.24) is 20.8 Å². The predicted octanol–water partition coefficient (Wildman–Crippen LogP) is 2.83. The number of aromatic nitrogens is 2. The highest BCUT2D eigenvalue weighted by Crippen LogP contribution is 2.28. The molecule has 0 saturated heterocycles. The van der Waals surface area contributed by atoms with E-state index < -0.39 is 6.04 Å². The molecule has 1 unspecified atom stereocenters. The van der Waals surface area contributed by atoms with Gasteiger partial charge in [-0.3, -0.25) is 9.89 Å². The number of hydrogen-bond acceptors (Lipinski definition) is 3. The number of urea groups is 1. The van der Waals surface area contributed by atoms with Crippen molar-refractivity contribution < 1.29 is 9.59 Å². The molecule has 2 heterocycles. The van der Waals surface area contributed by atoms with Gasteiger partial charge in [-0.15, -0.1) is 0 Å². The molecule has 0 radical (unpaired) electrons. The van der Waals surface area contributed by atoms with Crippen molar-refractivity contribution >= 4 is 28.5 Å². The van der Waals surface area contributed by atoms with E-state index in [1.807, 2.05) is 42.5 Å². The molecular formula is C19H17N5O2. The largest absolute Gasteiger partial charge is 0.327 e. The van der Waals surface area contributed by atoms with Gasteiger partial charge in [0.1, 0.15) is 0 Å². The number of anilines is 1. The first-order chi connectivity index (χ1) is 12.6. The third-order valence-electron chi connectivity index (χ3n) is 4.34. The number of nitrogens with zero attached hydrogens (tertiary/aromatic N) is 1. The molecule has 130 valence electrons. The van der Waals surface area contributed by atoms with Crippen molar-refractivity contribution in [2.75, 3.05) is 5.32 Å². The Labute approximate surface area is 149 Å². The number of benzene rings is 2. The first-order valence-electron chi connectivity index (χ1n) is 8.19. The number of aromatic amines is 1. The van der Waals surface area contributed by atoms with Crippen LogP contribution in [0.25, 0.3) is 10.9 Å². The van der Waals surface area contributed by atoms with Gasteiger partial charge < -0.3 is 16.0 Å². The maximum atomic E-state index is 13.0. The van der Waals surface area contributed by atoms with E-state index >= 15 is 0 Å². The van der Waals surface area contributed by atoms with Gasteiger partial charge in [0.2, 0.25) is 0 Å². The van der Waals surface area contributed by atoms with Crippen LogP contribution in [0.2, 0.25) is 0 Å². The zero-order valence-electron chi connectivity index (χ0n) is 14.0. The Hall–Kier alpha value is -3.61. The minimum absolute atomic E-state index is 0.272. The lowest BCUT2D eigenvalue weighted by Gasteiger charge is -2.28. The summed E-state index contributed by atoms with van der Waals surface area (Å²) in [5.41, 5.74) is 3.41. The second-order valence-electron chi connectivity index (χ2n) is 6.11. The number of amides is 3. The Morgan fingerprint density at radius 1 is 1.15 bits per heavy atom.